The highest BCUT2D eigenvalue weighted by Crippen LogP contribution is 2.49. The zero-order valence-electron chi connectivity index (χ0n) is 11.4. The van der Waals surface area contributed by atoms with Crippen molar-refractivity contribution in [2.45, 2.75) is 51.9 Å². The van der Waals surface area contributed by atoms with Crippen LogP contribution >= 0.6 is 0 Å². The predicted molar refractivity (Wildman–Crippen MR) is 68.1 cm³/mol. The summed E-state index contributed by atoms with van der Waals surface area (Å²) >= 11 is 0. The lowest BCUT2D eigenvalue weighted by Crippen LogP contribution is -2.34. The third-order valence-corrected chi connectivity index (χ3v) is 4.11. The van der Waals surface area contributed by atoms with Gasteiger partial charge in [-0.3, -0.25) is 9.59 Å². The Morgan fingerprint density at radius 3 is 2.00 bits per heavy atom. The Morgan fingerprint density at radius 2 is 1.72 bits per heavy atom. The highest BCUT2D eigenvalue weighted by atomic mass is 16.5. The van der Waals surface area contributed by atoms with Crippen LogP contribution < -0.4 is 0 Å². The molecule has 0 heterocycles. The number of carbonyl (C=O) groups excluding carboxylic acids is 1. The first-order chi connectivity index (χ1) is 8.54. The van der Waals surface area contributed by atoms with Crippen molar-refractivity contribution in [3.05, 3.63) is 0 Å². The van der Waals surface area contributed by atoms with Gasteiger partial charge in [-0.25, -0.2) is 0 Å². The average Bonchev–Trinajstić information content (AvgIpc) is 2.32. The van der Waals surface area contributed by atoms with Gasteiger partial charge < -0.3 is 9.84 Å². The van der Waals surface area contributed by atoms with E-state index >= 15 is 0 Å². The lowest BCUT2D eigenvalue weighted by molar-refractivity contribution is -0.145. The monoisotopic (exact) mass is 256 g/mol. The van der Waals surface area contributed by atoms with Gasteiger partial charge in [0.05, 0.1) is 13.0 Å². The maximum Gasteiger partial charge on any atom is 0.308 e. The van der Waals surface area contributed by atoms with E-state index in [1.807, 2.05) is 0 Å². The molecular weight excluding hydrogens is 232 g/mol. The number of fused-ring (bicyclic) bond motifs is 1. The molecule has 0 spiro atoms. The van der Waals surface area contributed by atoms with Crippen LogP contribution in [0.5, 0.6) is 0 Å². The topological polar surface area (TPSA) is 63.6 Å². The maximum atomic E-state index is 10.8. The van der Waals surface area contributed by atoms with Crippen molar-refractivity contribution >= 4 is 11.9 Å². The molecule has 0 aromatic rings. The van der Waals surface area contributed by atoms with Crippen molar-refractivity contribution in [2.24, 2.45) is 17.8 Å². The number of rotatable bonds is 5. The van der Waals surface area contributed by atoms with E-state index in [0.29, 0.717) is 12.8 Å². The van der Waals surface area contributed by atoms with E-state index in [1.165, 1.54) is 18.9 Å². The van der Waals surface area contributed by atoms with Gasteiger partial charge in [0.2, 0.25) is 0 Å². The molecule has 1 N–H and O–H groups in total. The molecular formula is C14H24O4. The molecule has 2 aliphatic carbocycles. The number of carboxylic acid groups (broad SMARTS) is 1. The summed E-state index contributed by atoms with van der Waals surface area (Å²) in [6, 6.07) is 0. The van der Waals surface area contributed by atoms with E-state index < -0.39 is 5.97 Å². The standard InChI is InChI=1S/C8H14O4.C6H10/c1-6(8(11)12-2)4-3-5-7(9)10;1-2-6-4-3-5(1)6/h6H,3-5H2,1-2H3,(H,9,10);5-6H,1-4H2. The Morgan fingerprint density at radius 1 is 1.22 bits per heavy atom. The first-order valence-electron chi connectivity index (χ1n) is 6.84. The largest absolute Gasteiger partial charge is 0.481 e. The normalized spacial score (nSPS) is 25.4. The number of carbonyl (C=O) groups is 2. The number of methoxy groups -OCH3 is 1. The van der Waals surface area contributed by atoms with Crippen molar-refractivity contribution < 1.29 is 19.4 Å². The summed E-state index contributed by atoms with van der Waals surface area (Å²) in [6.07, 6.45) is 7.44. The number of carboxylic acids is 1. The SMILES string of the molecule is C1CC2CCC12.COC(=O)C(C)CCCC(=O)O. The van der Waals surface area contributed by atoms with Gasteiger partial charge in [0.1, 0.15) is 0 Å². The molecule has 0 radical (unpaired) electrons. The summed E-state index contributed by atoms with van der Waals surface area (Å²) < 4.78 is 4.48. The van der Waals surface area contributed by atoms with Crippen LogP contribution in [0.2, 0.25) is 0 Å². The molecule has 0 amide bonds. The van der Waals surface area contributed by atoms with Gasteiger partial charge in [0, 0.05) is 6.42 Å². The third kappa shape index (κ3) is 4.67. The first-order valence-corrected chi connectivity index (χ1v) is 6.84. The van der Waals surface area contributed by atoms with Gasteiger partial charge in [0.25, 0.3) is 0 Å². The molecule has 0 bridgehead atoms. The minimum atomic E-state index is -0.827. The van der Waals surface area contributed by atoms with E-state index in [0.717, 1.165) is 0 Å². The third-order valence-electron chi connectivity index (χ3n) is 4.11. The number of esters is 1. The molecule has 1 unspecified atom stereocenters. The Hall–Kier alpha value is -1.06. The minimum Gasteiger partial charge on any atom is -0.481 e. The second kappa shape index (κ2) is 7.39. The van der Waals surface area contributed by atoms with Crippen LogP contribution in [0.4, 0.5) is 0 Å². The van der Waals surface area contributed by atoms with Gasteiger partial charge >= 0.3 is 11.9 Å². The quantitative estimate of drug-likeness (QED) is 0.768. The summed E-state index contributed by atoms with van der Waals surface area (Å²) in [4.78, 5) is 20.9. The van der Waals surface area contributed by atoms with E-state index in [1.54, 1.807) is 32.6 Å². The second-order valence-electron chi connectivity index (χ2n) is 5.39. The Bertz CT molecular complexity index is 270. The molecule has 2 saturated carbocycles. The van der Waals surface area contributed by atoms with Gasteiger partial charge in [-0.1, -0.05) is 6.92 Å². The average molecular weight is 256 g/mol. The van der Waals surface area contributed by atoms with Crippen LogP contribution in [0, 0.1) is 17.8 Å². The summed E-state index contributed by atoms with van der Waals surface area (Å²) in [5.74, 6) is 1.12. The van der Waals surface area contributed by atoms with Gasteiger partial charge in [-0.2, -0.15) is 0 Å². The number of hydrogen-bond acceptors (Lipinski definition) is 3. The van der Waals surface area contributed by atoms with Crippen molar-refractivity contribution in [3.8, 4) is 0 Å². The molecule has 0 saturated heterocycles. The molecule has 104 valence electrons. The zero-order valence-corrected chi connectivity index (χ0v) is 11.4. The molecule has 0 aromatic heterocycles. The lowest BCUT2D eigenvalue weighted by atomic mass is 9.60. The lowest BCUT2D eigenvalue weighted by Gasteiger charge is -2.46. The molecule has 4 heteroatoms. The van der Waals surface area contributed by atoms with E-state index in [4.69, 9.17) is 5.11 Å². The van der Waals surface area contributed by atoms with E-state index in [2.05, 4.69) is 4.74 Å². The van der Waals surface area contributed by atoms with E-state index in [-0.39, 0.29) is 18.3 Å². The first kappa shape index (κ1) is 15.0. The maximum absolute atomic E-state index is 10.8. The predicted octanol–water partition coefficient (Wildman–Crippen LogP) is 2.86. The fraction of sp³-hybridized carbons (Fsp3) is 0.857. The molecule has 0 aliphatic heterocycles. The zero-order chi connectivity index (χ0) is 13.5. The molecule has 2 fully saturated rings. The van der Waals surface area contributed by atoms with Gasteiger partial charge in [-0.05, 0) is 50.4 Å². The Balaban J connectivity index is 0.000000217. The van der Waals surface area contributed by atoms with Crippen LogP contribution in [-0.4, -0.2) is 24.2 Å². The molecule has 2 aliphatic rings. The minimum absolute atomic E-state index is 0.112. The summed E-state index contributed by atoms with van der Waals surface area (Å²) in [6.45, 7) is 1.73. The van der Waals surface area contributed by atoms with Crippen LogP contribution in [0.3, 0.4) is 0 Å². The van der Waals surface area contributed by atoms with Crippen molar-refractivity contribution in [2.75, 3.05) is 7.11 Å². The van der Waals surface area contributed by atoms with Gasteiger partial charge in [-0.15, -0.1) is 0 Å². The van der Waals surface area contributed by atoms with Gasteiger partial charge in [0.15, 0.2) is 0 Å². The molecule has 18 heavy (non-hydrogen) atoms. The highest BCUT2D eigenvalue weighted by Gasteiger charge is 2.37. The number of ether oxygens (including phenoxy) is 1. The van der Waals surface area contributed by atoms with Crippen LogP contribution in [0.15, 0.2) is 0 Å². The van der Waals surface area contributed by atoms with Crippen LogP contribution in [0.25, 0.3) is 0 Å². The Kier molecular flexibility index (Phi) is 6.16. The summed E-state index contributed by atoms with van der Waals surface area (Å²) in [5.41, 5.74) is 0. The van der Waals surface area contributed by atoms with Crippen molar-refractivity contribution in [1.82, 2.24) is 0 Å². The highest BCUT2D eigenvalue weighted by molar-refractivity contribution is 5.72. The molecule has 2 rings (SSSR count). The second-order valence-corrected chi connectivity index (χ2v) is 5.39. The molecule has 0 aromatic carbocycles. The van der Waals surface area contributed by atoms with Crippen LogP contribution in [0.1, 0.15) is 51.9 Å². The van der Waals surface area contributed by atoms with E-state index in [9.17, 15) is 9.59 Å². The number of aliphatic carboxylic acids is 1. The summed E-state index contributed by atoms with van der Waals surface area (Å²) in [5, 5.41) is 8.31. The van der Waals surface area contributed by atoms with Crippen molar-refractivity contribution in [1.29, 1.82) is 0 Å². The number of hydrogen-bond donors (Lipinski definition) is 1. The van der Waals surface area contributed by atoms with Crippen LogP contribution in [-0.2, 0) is 14.3 Å². The smallest absolute Gasteiger partial charge is 0.308 e. The summed E-state index contributed by atoms with van der Waals surface area (Å²) in [7, 11) is 1.33. The Labute approximate surface area is 109 Å². The molecule has 4 nitrogen and oxygen atoms in total. The fourth-order valence-electron chi connectivity index (χ4n) is 2.44. The molecule has 1 atom stereocenters. The van der Waals surface area contributed by atoms with Crippen molar-refractivity contribution in [3.63, 3.8) is 0 Å². The fourth-order valence-corrected chi connectivity index (χ4v) is 2.44.